The second kappa shape index (κ2) is 10.8. The molecule has 1 aromatic carbocycles. The van der Waals surface area contributed by atoms with Crippen molar-refractivity contribution in [2.45, 2.75) is 52.0 Å². The van der Waals surface area contributed by atoms with Crippen molar-refractivity contribution >= 4 is 34.8 Å². The van der Waals surface area contributed by atoms with Gasteiger partial charge in [-0.1, -0.05) is 38.4 Å². The Morgan fingerprint density at radius 1 is 1.23 bits per heavy atom. The molecule has 0 aliphatic carbocycles. The molecule has 1 atom stereocenters. The van der Waals surface area contributed by atoms with Gasteiger partial charge < -0.3 is 20.1 Å². The fraction of sp³-hybridized carbons (Fsp3) is 0.522. The van der Waals surface area contributed by atoms with Crippen molar-refractivity contribution < 1.29 is 14.6 Å². The molecule has 3 rings (SSSR count). The SMILES string of the molecule is CC(C)CN(c1ccc(C(C)CC(=O)O)cc1Nc1ccc(Cl)nn1)C1CCOCC1. The molecule has 0 saturated carbocycles. The molecule has 1 fully saturated rings. The van der Waals surface area contributed by atoms with Crippen LogP contribution in [0, 0.1) is 5.92 Å². The van der Waals surface area contributed by atoms with Gasteiger partial charge in [0, 0.05) is 25.8 Å². The number of carboxylic acid groups (broad SMARTS) is 1. The standard InChI is InChI=1S/C23H31ClN4O3/c1-15(2)14-28(18-8-10-31-11-9-18)20-5-4-17(16(3)12-23(29)30)13-19(20)25-22-7-6-21(24)26-27-22/h4-7,13,15-16,18H,8-12,14H2,1-3H3,(H,25,27)(H,29,30). The Balaban J connectivity index is 2.00. The summed E-state index contributed by atoms with van der Waals surface area (Å²) in [6.45, 7) is 8.80. The first-order valence-electron chi connectivity index (χ1n) is 10.8. The molecule has 31 heavy (non-hydrogen) atoms. The lowest BCUT2D eigenvalue weighted by Gasteiger charge is -2.38. The summed E-state index contributed by atoms with van der Waals surface area (Å²) in [6.07, 6.45) is 2.03. The van der Waals surface area contributed by atoms with Gasteiger partial charge in [-0.05, 0) is 54.5 Å². The summed E-state index contributed by atoms with van der Waals surface area (Å²) in [5, 5.41) is 21.0. The van der Waals surface area contributed by atoms with Gasteiger partial charge in [-0.15, -0.1) is 10.2 Å². The highest BCUT2D eigenvalue weighted by Crippen LogP contribution is 2.36. The lowest BCUT2D eigenvalue weighted by Crippen LogP contribution is -2.42. The van der Waals surface area contributed by atoms with Crippen LogP contribution in [0.2, 0.25) is 5.15 Å². The molecule has 1 saturated heterocycles. The van der Waals surface area contributed by atoms with Crippen LogP contribution in [-0.2, 0) is 9.53 Å². The topological polar surface area (TPSA) is 87.6 Å². The molecule has 168 valence electrons. The van der Waals surface area contributed by atoms with E-state index in [9.17, 15) is 9.90 Å². The number of hydrogen-bond acceptors (Lipinski definition) is 6. The lowest BCUT2D eigenvalue weighted by molar-refractivity contribution is -0.137. The number of ether oxygens (including phenoxy) is 1. The van der Waals surface area contributed by atoms with Gasteiger partial charge in [0.05, 0.1) is 17.8 Å². The van der Waals surface area contributed by atoms with Crippen LogP contribution >= 0.6 is 11.6 Å². The molecule has 0 bridgehead atoms. The van der Waals surface area contributed by atoms with Gasteiger partial charge in [0.2, 0.25) is 0 Å². The molecule has 1 aromatic heterocycles. The average Bonchev–Trinajstić information content (AvgIpc) is 2.74. The van der Waals surface area contributed by atoms with E-state index in [4.69, 9.17) is 16.3 Å². The van der Waals surface area contributed by atoms with E-state index in [1.165, 1.54) is 0 Å². The van der Waals surface area contributed by atoms with Gasteiger partial charge in [0.15, 0.2) is 11.0 Å². The summed E-state index contributed by atoms with van der Waals surface area (Å²) in [4.78, 5) is 13.7. The van der Waals surface area contributed by atoms with Crippen LogP contribution < -0.4 is 10.2 Å². The van der Waals surface area contributed by atoms with Crippen LogP contribution in [0.15, 0.2) is 30.3 Å². The molecule has 0 spiro atoms. The molecule has 2 aromatic rings. The van der Waals surface area contributed by atoms with Crippen LogP contribution in [0.3, 0.4) is 0 Å². The predicted molar refractivity (Wildman–Crippen MR) is 123 cm³/mol. The summed E-state index contributed by atoms with van der Waals surface area (Å²) in [5.41, 5.74) is 2.93. The minimum atomic E-state index is -0.807. The number of carbonyl (C=O) groups is 1. The number of aromatic nitrogens is 2. The quantitative estimate of drug-likeness (QED) is 0.554. The van der Waals surface area contributed by atoms with E-state index in [-0.39, 0.29) is 12.3 Å². The summed E-state index contributed by atoms with van der Waals surface area (Å²) in [7, 11) is 0. The Kier molecular flexibility index (Phi) is 8.09. The summed E-state index contributed by atoms with van der Waals surface area (Å²) < 4.78 is 5.59. The van der Waals surface area contributed by atoms with Crippen molar-refractivity contribution in [3.63, 3.8) is 0 Å². The van der Waals surface area contributed by atoms with Crippen molar-refractivity contribution in [1.29, 1.82) is 0 Å². The molecule has 1 aliphatic heterocycles. The highest BCUT2D eigenvalue weighted by Gasteiger charge is 2.25. The number of rotatable bonds is 9. The molecular weight excluding hydrogens is 416 g/mol. The number of anilines is 3. The van der Waals surface area contributed by atoms with Gasteiger partial charge >= 0.3 is 5.97 Å². The van der Waals surface area contributed by atoms with Crippen molar-refractivity contribution in [3.05, 3.63) is 41.0 Å². The highest BCUT2D eigenvalue weighted by molar-refractivity contribution is 6.29. The summed E-state index contributed by atoms with van der Waals surface area (Å²) in [5.74, 6) is 0.158. The first-order valence-corrected chi connectivity index (χ1v) is 11.2. The van der Waals surface area contributed by atoms with Crippen LogP contribution in [0.1, 0.15) is 51.5 Å². The maximum absolute atomic E-state index is 11.2. The van der Waals surface area contributed by atoms with Crippen molar-refractivity contribution in [2.75, 3.05) is 30.0 Å². The normalized spacial score (nSPS) is 15.6. The van der Waals surface area contributed by atoms with Crippen molar-refractivity contribution in [1.82, 2.24) is 10.2 Å². The van der Waals surface area contributed by atoms with Gasteiger partial charge in [0.25, 0.3) is 0 Å². The second-order valence-electron chi connectivity index (χ2n) is 8.53. The Bertz CT molecular complexity index is 870. The maximum atomic E-state index is 11.2. The van der Waals surface area contributed by atoms with Gasteiger partial charge in [-0.2, -0.15) is 0 Å². The van der Waals surface area contributed by atoms with Gasteiger partial charge in [-0.25, -0.2) is 0 Å². The van der Waals surface area contributed by atoms with Crippen LogP contribution in [-0.4, -0.2) is 47.1 Å². The average molecular weight is 447 g/mol. The molecule has 2 N–H and O–H groups in total. The Morgan fingerprint density at radius 2 is 1.97 bits per heavy atom. The largest absolute Gasteiger partial charge is 0.481 e. The van der Waals surface area contributed by atoms with E-state index in [0.717, 1.165) is 49.5 Å². The van der Waals surface area contributed by atoms with Crippen LogP contribution in [0.4, 0.5) is 17.2 Å². The molecule has 0 radical (unpaired) electrons. The number of hydrogen-bond donors (Lipinski definition) is 2. The molecule has 8 heteroatoms. The summed E-state index contributed by atoms with van der Waals surface area (Å²) in [6, 6.07) is 10.0. The number of benzene rings is 1. The van der Waals surface area contributed by atoms with E-state index in [1.54, 1.807) is 12.1 Å². The molecule has 7 nitrogen and oxygen atoms in total. The van der Waals surface area contributed by atoms with E-state index < -0.39 is 5.97 Å². The van der Waals surface area contributed by atoms with E-state index >= 15 is 0 Å². The maximum Gasteiger partial charge on any atom is 0.303 e. The zero-order valence-electron chi connectivity index (χ0n) is 18.3. The summed E-state index contributed by atoms with van der Waals surface area (Å²) >= 11 is 5.89. The monoisotopic (exact) mass is 446 g/mol. The van der Waals surface area contributed by atoms with E-state index in [1.807, 2.05) is 19.1 Å². The van der Waals surface area contributed by atoms with Crippen LogP contribution in [0.5, 0.6) is 0 Å². The Labute approximate surface area is 188 Å². The number of aliphatic carboxylic acids is 1. The zero-order valence-corrected chi connectivity index (χ0v) is 19.1. The fourth-order valence-corrected chi connectivity index (χ4v) is 4.05. The first kappa shape index (κ1) is 23.3. The predicted octanol–water partition coefficient (Wildman–Crippen LogP) is 5.09. The molecular formula is C23H31ClN4O3. The first-order chi connectivity index (χ1) is 14.8. The molecule has 0 amide bonds. The minimum absolute atomic E-state index is 0.0786. The minimum Gasteiger partial charge on any atom is -0.481 e. The van der Waals surface area contributed by atoms with Crippen molar-refractivity contribution in [3.8, 4) is 0 Å². The smallest absolute Gasteiger partial charge is 0.303 e. The van der Waals surface area contributed by atoms with Gasteiger partial charge in [-0.3, -0.25) is 4.79 Å². The van der Waals surface area contributed by atoms with E-state index in [0.29, 0.717) is 22.9 Å². The lowest BCUT2D eigenvalue weighted by atomic mass is 9.95. The van der Waals surface area contributed by atoms with Crippen LogP contribution in [0.25, 0.3) is 0 Å². The third-order valence-electron chi connectivity index (χ3n) is 5.47. The zero-order chi connectivity index (χ0) is 22.4. The fourth-order valence-electron chi connectivity index (χ4n) is 3.95. The number of carboxylic acids is 1. The number of halogens is 1. The molecule has 1 unspecified atom stereocenters. The third-order valence-corrected chi connectivity index (χ3v) is 5.67. The van der Waals surface area contributed by atoms with Crippen molar-refractivity contribution in [2.24, 2.45) is 5.92 Å². The Morgan fingerprint density at radius 3 is 2.58 bits per heavy atom. The number of nitrogens with one attached hydrogen (secondary N) is 1. The number of nitrogens with zero attached hydrogens (tertiary/aromatic N) is 3. The third kappa shape index (κ3) is 6.55. The van der Waals surface area contributed by atoms with E-state index in [2.05, 4.69) is 40.3 Å². The molecule has 1 aliphatic rings. The Hall–Kier alpha value is -2.38. The molecule has 2 heterocycles. The highest BCUT2D eigenvalue weighted by atomic mass is 35.5. The van der Waals surface area contributed by atoms with Gasteiger partial charge in [0.1, 0.15) is 0 Å². The second-order valence-corrected chi connectivity index (χ2v) is 8.92.